The maximum absolute atomic E-state index is 12.7. The molecule has 0 aliphatic carbocycles. The summed E-state index contributed by atoms with van der Waals surface area (Å²) in [5, 5.41) is 0. The Morgan fingerprint density at radius 2 is 1.67 bits per heavy atom. The van der Waals surface area contributed by atoms with Crippen LogP contribution in [-0.4, -0.2) is 18.9 Å². The van der Waals surface area contributed by atoms with Gasteiger partial charge in [0.2, 0.25) is 0 Å². The number of para-hydroxylation sites is 2. The van der Waals surface area contributed by atoms with E-state index in [4.69, 9.17) is 0 Å². The third-order valence-corrected chi connectivity index (χ3v) is 3.62. The van der Waals surface area contributed by atoms with Gasteiger partial charge >= 0.3 is 0 Å². The lowest BCUT2D eigenvalue weighted by atomic mass is 10.2. The van der Waals surface area contributed by atoms with Crippen LogP contribution in [0.2, 0.25) is 0 Å². The number of imidazole rings is 1. The average Bonchev–Trinajstić information content (AvgIpc) is 3.02. The van der Waals surface area contributed by atoms with Crippen LogP contribution in [0.25, 0.3) is 16.6 Å². The normalized spacial score (nSPS) is 11.2. The van der Waals surface area contributed by atoms with Crippen LogP contribution in [-0.2, 0) is 6.54 Å². The van der Waals surface area contributed by atoms with Crippen molar-refractivity contribution in [2.45, 2.75) is 6.54 Å². The third-order valence-electron chi connectivity index (χ3n) is 3.62. The Labute approximate surface area is 120 Å². The molecule has 0 saturated heterocycles. The van der Waals surface area contributed by atoms with Crippen LogP contribution in [0, 0.1) is 0 Å². The molecular formula is C16H12N4O. The van der Waals surface area contributed by atoms with Crippen molar-refractivity contribution in [1.82, 2.24) is 18.9 Å². The summed E-state index contributed by atoms with van der Waals surface area (Å²) in [7, 11) is 0. The number of aromatic nitrogens is 4. The number of benzene rings is 1. The van der Waals surface area contributed by atoms with Crippen molar-refractivity contribution >= 4 is 16.6 Å². The van der Waals surface area contributed by atoms with Crippen LogP contribution >= 0.6 is 0 Å². The molecule has 5 nitrogen and oxygen atoms in total. The largest absolute Gasteiger partial charge is 0.301 e. The molecule has 0 fully saturated rings. The van der Waals surface area contributed by atoms with Crippen molar-refractivity contribution in [2.24, 2.45) is 0 Å². The maximum atomic E-state index is 12.7. The average molecular weight is 276 g/mol. The van der Waals surface area contributed by atoms with Gasteiger partial charge in [-0.1, -0.05) is 12.1 Å². The molecule has 0 aliphatic rings. The van der Waals surface area contributed by atoms with Crippen molar-refractivity contribution < 1.29 is 0 Å². The van der Waals surface area contributed by atoms with Crippen LogP contribution < -0.4 is 5.56 Å². The molecule has 102 valence electrons. The Balaban J connectivity index is 2.06. The van der Waals surface area contributed by atoms with E-state index in [1.807, 2.05) is 40.8 Å². The van der Waals surface area contributed by atoms with Gasteiger partial charge in [-0.05, 0) is 29.8 Å². The van der Waals surface area contributed by atoms with Crippen LogP contribution in [0.4, 0.5) is 0 Å². The lowest BCUT2D eigenvalue weighted by molar-refractivity contribution is 0.791. The summed E-state index contributed by atoms with van der Waals surface area (Å²) in [5.41, 5.74) is 3.45. The van der Waals surface area contributed by atoms with E-state index >= 15 is 0 Å². The van der Waals surface area contributed by atoms with E-state index in [0.29, 0.717) is 12.1 Å². The minimum absolute atomic E-state index is 0.0389. The zero-order valence-electron chi connectivity index (χ0n) is 11.2. The van der Waals surface area contributed by atoms with Crippen LogP contribution in [0.5, 0.6) is 0 Å². The molecule has 0 atom stereocenters. The lowest BCUT2D eigenvalue weighted by Crippen LogP contribution is -2.23. The van der Waals surface area contributed by atoms with Crippen LogP contribution in [0.1, 0.15) is 5.56 Å². The molecule has 5 heteroatoms. The number of hydrogen-bond acceptors (Lipinski definition) is 3. The highest BCUT2D eigenvalue weighted by molar-refractivity contribution is 5.78. The molecule has 4 aromatic rings. The molecule has 0 amide bonds. The van der Waals surface area contributed by atoms with Crippen molar-refractivity contribution in [3.05, 3.63) is 77.2 Å². The second kappa shape index (κ2) is 4.56. The topological polar surface area (TPSA) is 52.2 Å². The maximum Gasteiger partial charge on any atom is 0.277 e. The van der Waals surface area contributed by atoms with E-state index in [1.165, 1.54) is 0 Å². The molecule has 1 aromatic carbocycles. The SMILES string of the molecule is O=c1c2cncn2c2ccccc2n1Cc1ccncc1. The number of pyridine rings is 1. The number of fused-ring (bicyclic) bond motifs is 3. The highest BCUT2D eigenvalue weighted by Crippen LogP contribution is 2.15. The summed E-state index contributed by atoms with van der Waals surface area (Å²) in [6.45, 7) is 0.517. The fraction of sp³-hybridized carbons (Fsp3) is 0.0625. The second-order valence-electron chi connectivity index (χ2n) is 4.88. The van der Waals surface area contributed by atoms with E-state index in [2.05, 4.69) is 9.97 Å². The molecule has 0 aliphatic heterocycles. The molecule has 21 heavy (non-hydrogen) atoms. The second-order valence-corrected chi connectivity index (χ2v) is 4.88. The standard InChI is InChI=1S/C16H12N4O/c21-16-15-9-18-11-20(15)14-4-2-1-3-13(14)19(16)10-12-5-7-17-8-6-12/h1-9,11H,10H2. The molecular weight excluding hydrogens is 264 g/mol. The van der Waals surface area contributed by atoms with Gasteiger partial charge < -0.3 is 4.57 Å². The lowest BCUT2D eigenvalue weighted by Gasteiger charge is -2.12. The molecule has 3 heterocycles. The molecule has 0 unspecified atom stereocenters. The molecule has 0 bridgehead atoms. The van der Waals surface area contributed by atoms with E-state index in [0.717, 1.165) is 16.6 Å². The summed E-state index contributed by atoms with van der Waals surface area (Å²) in [6, 6.07) is 11.7. The van der Waals surface area contributed by atoms with Gasteiger partial charge in [0.1, 0.15) is 5.52 Å². The van der Waals surface area contributed by atoms with Gasteiger partial charge in [0.15, 0.2) is 0 Å². The molecule has 0 N–H and O–H groups in total. The van der Waals surface area contributed by atoms with E-state index in [1.54, 1.807) is 29.5 Å². The first-order chi connectivity index (χ1) is 10.3. The summed E-state index contributed by atoms with van der Waals surface area (Å²) in [4.78, 5) is 20.8. The number of nitrogens with zero attached hydrogens (tertiary/aromatic N) is 4. The predicted octanol–water partition coefficient (Wildman–Crippen LogP) is 2.09. The minimum atomic E-state index is -0.0389. The van der Waals surface area contributed by atoms with Gasteiger partial charge in [-0.15, -0.1) is 0 Å². The van der Waals surface area contributed by atoms with E-state index in [9.17, 15) is 4.79 Å². The fourth-order valence-corrected chi connectivity index (χ4v) is 2.62. The van der Waals surface area contributed by atoms with Crippen LogP contribution in [0.15, 0.2) is 66.1 Å². The summed E-state index contributed by atoms with van der Waals surface area (Å²) >= 11 is 0. The molecule has 0 radical (unpaired) electrons. The summed E-state index contributed by atoms with van der Waals surface area (Å²) in [5.74, 6) is 0. The van der Waals surface area contributed by atoms with Crippen molar-refractivity contribution in [3.63, 3.8) is 0 Å². The highest BCUT2D eigenvalue weighted by Gasteiger charge is 2.10. The van der Waals surface area contributed by atoms with Crippen molar-refractivity contribution in [2.75, 3.05) is 0 Å². The fourth-order valence-electron chi connectivity index (χ4n) is 2.62. The predicted molar refractivity (Wildman–Crippen MR) is 80.3 cm³/mol. The molecule has 0 spiro atoms. The van der Waals surface area contributed by atoms with Gasteiger partial charge in [-0.25, -0.2) is 4.98 Å². The summed E-state index contributed by atoms with van der Waals surface area (Å²) < 4.78 is 3.61. The van der Waals surface area contributed by atoms with E-state index < -0.39 is 0 Å². The highest BCUT2D eigenvalue weighted by atomic mass is 16.1. The van der Waals surface area contributed by atoms with Gasteiger partial charge in [0.05, 0.1) is 30.1 Å². The number of rotatable bonds is 2. The van der Waals surface area contributed by atoms with Gasteiger partial charge in [0, 0.05) is 12.4 Å². The van der Waals surface area contributed by atoms with Crippen molar-refractivity contribution in [1.29, 1.82) is 0 Å². The zero-order valence-corrected chi connectivity index (χ0v) is 11.2. The Morgan fingerprint density at radius 1 is 0.905 bits per heavy atom. The molecule has 0 saturated carbocycles. The van der Waals surface area contributed by atoms with Gasteiger partial charge in [-0.2, -0.15) is 0 Å². The first-order valence-corrected chi connectivity index (χ1v) is 6.67. The minimum Gasteiger partial charge on any atom is -0.301 e. The third kappa shape index (κ3) is 1.82. The first kappa shape index (κ1) is 11.8. The smallest absolute Gasteiger partial charge is 0.277 e. The Hall–Kier alpha value is -2.95. The Morgan fingerprint density at radius 3 is 2.48 bits per heavy atom. The van der Waals surface area contributed by atoms with Crippen molar-refractivity contribution in [3.8, 4) is 0 Å². The van der Waals surface area contributed by atoms with Gasteiger partial charge in [-0.3, -0.25) is 14.2 Å². The number of hydrogen-bond donors (Lipinski definition) is 0. The Kier molecular flexibility index (Phi) is 2.57. The van der Waals surface area contributed by atoms with Crippen LogP contribution in [0.3, 0.4) is 0 Å². The Bertz CT molecular complexity index is 985. The first-order valence-electron chi connectivity index (χ1n) is 6.67. The quantitative estimate of drug-likeness (QED) is 0.563. The molecule has 3 aromatic heterocycles. The van der Waals surface area contributed by atoms with E-state index in [-0.39, 0.29) is 5.56 Å². The van der Waals surface area contributed by atoms with Gasteiger partial charge in [0.25, 0.3) is 5.56 Å². The zero-order chi connectivity index (χ0) is 14.2. The summed E-state index contributed by atoms with van der Waals surface area (Å²) in [6.07, 6.45) is 6.76. The monoisotopic (exact) mass is 276 g/mol. The molecule has 4 rings (SSSR count).